The summed E-state index contributed by atoms with van der Waals surface area (Å²) in [7, 11) is 0. The zero-order valence-corrected chi connectivity index (χ0v) is 20.2. The number of benzene rings is 3. The van der Waals surface area contributed by atoms with Crippen LogP contribution in [0.4, 0.5) is 14.5 Å². The highest BCUT2D eigenvalue weighted by molar-refractivity contribution is 5.94. The lowest BCUT2D eigenvalue weighted by Crippen LogP contribution is -2.45. The number of para-hydroxylation sites is 1. The van der Waals surface area contributed by atoms with Crippen molar-refractivity contribution in [3.63, 3.8) is 0 Å². The number of anilines is 1. The van der Waals surface area contributed by atoms with Gasteiger partial charge in [-0.1, -0.05) is 24.3 Å². The molecule has 0 unspecified atom stereocenters. The van der Waals surface area contributed by atoms with Crippen LogP contribution in [-0.4, -0.2) is 49.5 Å². The molecule has 0 aromatic heterocycles. The first kappa shape index (κ1) is 25.0. The zero-order chi connectivity index (χ0) is 25.6. The van der Waals surface area contributed by atoms with Gasteiger partial charge in [-0.05, 0) is 54.8 Å². The van der Waals surface area contributed by atoms with Crippen molar-refractivity contribution in [2.45, 2.75) is 31.6 Å². The Morgan fingerprint density at radius 2 is 1.92 bits per heavy atom. The molecule has 0 bridgehead atoms. The van der Waals surface area contributed by atoms with Crippen LogP contribution in [0.3, 0.4) is 0 Å². The number of carbonyl (C=O) groups excluding carboxylic acids is 1. The predicted octanol–water partition coefficient (Wildman–Crippen LogP) is 4.76. The highest BCUT2D eigenvalue weighted by Crippen LogP contribution is 2.33. The Balaban J connectivity index is 1.38. The molecule has 0 spiro atoms. The maximum atomic E-state index is 14.3. The van der Waals surface area contributed by atoms with Crippen LogP contribution in [0.15, 0.2) is 66.7 Å². The number of amides is 1. The van der Waals surface area contributed by atoms with Crippen molar-refractivity contribution in [1.82, 2.24) is 4.90 Å². The second-order valence-electron chi connectivity index (χ2n) is 9.05. The molecule has 0 saturated carbocycles. The minimum atomic E-state index is -1.06. The lowest BCUT2D eigenvalue weighted by atomic mass is 10.1. The molecule has 1 fully saturated rings. The molecule has 9 heteroatoms. The van der Waals surface area contributed by atoms with Crippen LogP contribution >= 0.6 is 0 Å². The minimum absolute atomic E-state index is 0.0125. The normalized spacial score (nSPS) is 17.1. The van der Waals surface area contributed by atoms with Gasteiger partial charge in [0, 0.05) is 32.3 Å². The second kappa shape index (κ2) is 11.6. The lowest BCUT2D eigenvalue weighted by Gasteiger charge is -2.29. The van der Waals surface area contributed by atoms with Gasteiger partial charge >= 0.3 is 0 Å². The maximum Gasteiger partial charge on any atom is 0.266 e. The first-order valence-electron chi connectivity index (χ1n) is 12.2. The van der Waals surface area contributed by atoms with Gasteiger partial charge in [0.2, 0.25) is 6.79 Å². The number of fused-ring (bicyclic) bond motifs is 1. The fraction of sp³-hybridized carbons (Fsp3) is 0.321. The molecule has 37 heavy (non-hydrogen) atoms. The van der Waals surface area contributed by atoms with Crippen molar-refractivity contribution >= 4 is 11.6 Å². The second-order valence-corrected chi connectivity index (χ2v) is 9.05. The third kappa shape index (κ3) is 6.55. The van der Waals surface area contributed by atoms with E-state index in [1.54, 1.807) is 18.2 Å². The van der Waals surface area contributed by atoms with E-state index in [-0.39, 0.29) is 30.9 Å². The van der Waals surface area contributed by atoms with Crippen LogP contribution in [0.2, 0.25) is 0 Å². The summed E-state index contributed by atoms with van der Waals surface area (Å²) >= 11 is 0. The molecule has 1 N–H and O–H groups in total. The first-order chi connectivity index (χ1) is 18.0. The average molecular weight is 511 g/mol. The molecule has 2 heterocycles. The molecule has 0 aliphatic carbocycles. The number of halogens is 2. The summed E-state index contributed by atoms with van der Waals surface area (Å²) in [5.41, 5.74) is 1.00. The van der Waals surface area contributed by atoms with Crippen molar-refractivity contribution in [2.75, 3.05) is 31.8 Å². The van der Waals surface area contributed by atoms with Gasteiger partial charge in [0.05, 0.1) is 11.8 Å². The van der Waals surface area contributed by atoms with E-state index in [2.05, 4.69) is 10.2 Å². The van der Waals surface area contributed by atoms with E-state index in [9.17, 15) is 13.6 Å². The van der Waals surface area contributed by atoms with Crippen LogP contribution in [0.1, 0.15) is 18.4 Å². The number of rotatable bonds is 10. The smallest absolute Gasteiger partial charge is 0.266 e. The molecule has 2 atom stereocenters. The van der Waals surface area contributed by atoms with E-state index < -0.39 is 23.6 Å². The van der Waals surface area contributed by atoms with E-state index in [1.165, 1.54) is 30.3 Å². The fourth-order valence-corrected chi connectivity index (χ4v) is 4.47. The molecule has 1 saturated heterocycles. The van der Waals surface area contributed by atoms with Crippen LogP contribution in [0.5, 0.6) is 17.2 Å². The summed E-state index contributed by atoms with van der Waals surface area (Å²) in [5, 5.41) is 2.61. The molecule has 0 radical (unpaired) electrons. The standard InChI is InChI=1S/C28H28F2N2O5/c29-20-5-3-6-21(14-20)37-27(28(33)31-24-9-2-1-8-23(24)30)17-32(16-22-7-4-12-34-22)15-19-10-11-25-26(13-19)36-18-35-25/h1-3,5-6,8-11,13-14,22,27H,4,7,12,15-18H2,(H,31,33)/t22-,27-/m1/s1. The highest BCUT2D eigenvalue weighted by atomic mass is 19.1. The number of nitrogens with zero attached hydrogens (tertiary/aromatic N) is 1. The van der Waals surface area contributed by atoms with Crippen LogP contribution < -0.4 is 19.5 Å². The Hall–Kier alpha value is -3.69. The number of hydrogen-bond acceptors (Lipinski definition) is 6. The molecular formula is C28H28F2N2O5. The maximum absolute atomic E-state index is 14.3. The first-order valence-corrected chi connectivity index (χ1v) is 12.2. The van der Waals surface area contributed by atoms with Crippen molar-refractivity contribution in [1.29, 1.82) is 0 Å². The Labute approximate surface area is 213 Å². The van der Waals surface area contributed by atoms with Gasteiger partial charge in [0.15, 0.2) is 17.6 Å². The zero-order valence-electron chi connectivity index (χ0n) is 20.2. The number of carbonyl (C=O) groups is 1. The Bertz CT molecular complexity index is 1230. The van der Waals surface area contributed by atoms with Crippen LogP contribution in [-0.2, 0) is 16.1 Å². The molecule has 7 nitrogen and oxygen atoms in total. The van der Waals surface area contributed by atoms with Gasteiger partial charge in [0.25, 0.3) is 5.91 Å². The molecule has 1 amide bonds. The quantitative estimate of drug-likeness (QED) is 0.424. The van der Waals surface area contributed by atoms with Crippen molar-refractivity contribution in [2.24, 2.45) is 0 Å². The summed E-state index contributed by atoms with van der Waals surface area (Å²) in [6.07, 6.45) is 0.837. The molecule has 2 aliphatic heterocycles. The third-order valence-electron chi connectivity index (χ3n) is 6.25. The Morgan fingerprint density at radius 1 is 1.05 bits per heavy atom. The van der Waals surface area contributed by atoms with Gasteiger partial charge in [0.1, 0.15) is 17.4 Å². The number of nitrogens with one attached hydrogen (secondary N) is 1. The number of hydrogen-bond donors (Lipinski definition) is 1. The number of ether oxygens (including phenoxy) is 4. The molecule has 3 aromatic rings. The van der Waals surface area contributed by atoms with E-state index in [0.717, 1.165) is 18.4 Å². The molecular weight excluding hydrogens is 482 g/mol. The van der Waals surface area contributed by atoms with E-state index in [1.807, 2.05) is 18.2 Å². The Kier molecular flexibility index (Phi) is 7.82. The van der Waals surface area contributed by atoms with E-state index in [4.69, 9.17) is 18.9 Å². The van der Waals surface area contributed by atoms with Gasteiger partial charge in [-0.3, -0.25) is 9.69 Å². The van der Waals surface area contributed by atoms with Crippen molar-refractivity contribution in [3.8, 4) is 17.2 Å². The average Bonchev–Trinajstić information content (AvgIpc) is 3.57. The monoisotopic (exact) mass is 510 g/mol. The third-order valence-corrected chi connectivity index (χ3v) is 6.25. The predicted molar refractivity (Wildman–Crippen MR) is 133 cm³/mol. The summed E-state index contributed by atoms with van der Waals surface area (Å²) < 4.78 is 50.9. The molecule has 3 aromatic carbocycles. The fourth-order valence-electron chi connectivity index (χ4n) is 4.47. The summed E-state index contributed by atoms with van der Waals surface area (Å²) in [5.74, 6) is -0.0316. The van der Waals surface area contributed by atoms with Crippen LogP contribution in [0.25, 0.3) is 0 Å². The summed E-state index contributed by atoms with van der Waals surface area (Å²) in [4.78, 5) is 15.4. The lowest BCUT2D eigenvalue weighted by molar-refractivity contribution is -0.124. The van der Waals surface area contributed by atoms with E-state index >= 15 is 0 Å². The van der Waals surface area contributed by atoms with Crippen molar-refractivity contribution in [3.05, 3.63) is 83.9 Å². The summed E-state index contributed by atoms with van der Waals surface area (Å²) in [6, 6.07) is 17.2. The van der Waals surface area contributed by atoms with Crippen molar-refractivity contribution < 1.29 is 32.5 Å². The SMILES string of the molecule is O=C(Nc1ccccc1F)[C@@H](CN(Cc1ccc2c(c1)OCO2)C[C@H]1CCCO1)Oc1cccc(F)c1. The highest BCUT2D eigenvalue weighted by Gasteiger charge is 2.28. The van der Waals surface area contributed by atoms with Gasteiger partial charge in [-0.25, -0.2) is 8.78 Å². The Morgan fingerprint density at radius 3 is 2.73 bits per heavy atom. The molecule has 2 aliphatic rings. The minimum Gasteiger partial charge on any atom is -0.479 e. The largest absolute Gasteiger partial charge is 0.479 e. The summed E-state index contributed by atoms with van der Waals surface area (Å²) in [6.45, 7) is 2.07. The topological polar surface area (TPSA) is 69.3 Å². The van der Waals surface area contributed by atoms with Gasteiger partial charge < -0.3 is 24.3 Å². The van der Waals surface area contributed by atoms with Crippen LogP contribution in [0, 0.1) is 11.6 Å². The van der Waals surface area contributed by atoms with E-state index in [0.29, 0.717) is 31.2 Å². The molecule has 194 valence electrons. The van der Waals surface area contributed by atoms with Gasteiger partial charge in [-0.15, -0.1) is 0 Å². The molecule has 5 rings (SSSR count). The van der Waals surface area contributed by atoms with Gasteiger partial charge in [-0.2, -0.15) is 0 Å².